The fourth-order valence-corrected chi connectivity index (χ4v) is 3.28. The van der Waals surface area contributed by atoms with Crippen LogP contribution in [0.5, 0.6) is 0 Å². The van der Waals surface area contributed by atoms with E-state index in [0.717, 1.165) is 18.5 Å². The molecule has 26 heavy (non-hydrogen) atoms. The number of likely N-dealkylation sites (N-methyl/N-ethyl adjacent to an activating group) is 1. The maximum Gasteiger partial charge on any atom is 0.319 e. The molecule has 4 N–H and O–H groups in total. The molecular formula is C20H24N4O2. The SMILES string of the molecule is Cc1cc(C(N)=O)ccc1NC(=O)NCC1Cc2ccccc2CN1C. The summed E-state index contributed by atoms with van der Waals surface area (Å²) in [6.07, 6.45) is 0.916. The summed E-state index contributed by atoms with van der Waals surface area (Å²) < 4.78 is 0. The van der Waals surface area contributed by atoms with E-state index < -0.39 is 5.91 Å². The predicted molar refractivity (Wildman–Crippen MR) is 102 cm³/mol. The van der Waals surface area contributed by atoms with Crippen LogP contribution in [0.2, 0.25) is 0 Å². The monoisotopic (exact) mass is 352 g/mol. The number of nitrogens with zero attached hydrogens (tertiary/aromatic N) is 1. The molecule has 1 unspecified atom stereocenters. The van der Waals surface area contributed by atoms with Gasteiger partial charge in [-0.3, -0.25) is 9.69 Å². The third-order valence-electron chi connectivity index (χ3n) is 4.87. The van der Waals surface area contributed by atoms with Gasteiger partial charge in [0.05, 0.1) is 0 Å². The number of nitrogens with two attached hydrogens (primary N) is 1. The molecule has 1 aliphatic heterocycles. The number of amides is 3. The fourth-order valence-electron chi connectivity index (χ4n) is 3.28. The Bertz CT molecular complexity index is 834. The van der Waals surface area contributed by atoms with E-state index in [1.54, 1.807) is 18.2 Å². The van der Waals surface area contributed by atoms with Crippen LogP contribution in [0.15, 0.2) is 42.5 Å². The topological polar surface area (TPSA) is 87.5 Å². The van der Waals surface area contributed by atoms with Gasteiger partial charge >= 0.3 is 6.03 Å². The number of hydrogen-bond acceptors (Lipinski definition) is 3. The van der Waals surface area contributed by atoms with E-state index in [-0.39, 0.29) is 12.1 Å². The van der Waals surface area contributed by atoms with Crippen LogP contribution >= 0.6 is 0 Å². The Morgan fingerprint density at radius 1 is 1.19 bits per heavy atom. The minimum atomic E-state index is -0.482. The van der Waals surface area contributed by atoms with Crippen molar-refractivity contribution >= 4 is 17.6 Å². The highest BCUT2D eigenvalue weighted by Crippen LogP contribution is 2.21. The lowest BCUT2D eigenvalue weighted by Gasteiger charge is -2.34. The van der Waals surface area contributed by atoms with Crippen molar-refractivity contribution in [2.24, 2.45) is 5.73 Å². The molecular weight excluding hydrogens is 328 g/mol. The van der Waals surface area contributed by atoms with Crippen LogP contribution < -0.4 is 16.4 Å². The average molecular weight is 352 g/mol. The molecule has 0 spiro atoms. The molecule has 6 nitrogen and oxygen atoms in total. The quantitative estimate of drug-likeness (QED) is 0.789. The number of benzene rings is 2. The third kappa shape index (κ3) is 4.03. The highest BCUT2D eigenvalue weighted by Gasteiger charge is 2.23. The molecule has 136 valence electrons. The lowest BCUT2D eigenvalue weighted by atomic mass is 9.94. The van der Waals surface area contributed by atoms with Crippen molar-refractivity contribution in [3.05, 3.63) is 64.7 Å². The zero-order valence-corrected chi connectivity index (χ0v) is 15.1. The van der Waals surface area contributed by atoms with E-state index in [1.165, 1.54) is 11.1 Å². The van der Waals surface area contributed by atoms with Crippen molar-refractivity contribution in [2.75, 3.05) is 18.9 Å². The van der Waals surface area contributed by atoms with E-state index in [2.05, 4.69) is 46.8 Å². The first kappa shape index (κ1) is 17.9. The van der Waals surface area contributed by atoms with Gasteiger partial charge in [0.1, 0.15) is 0 Å². The summed E-state index contributed by atoms with van der Waals surface area (Å²) in [7, 11) is 2.08. The van der Waals surface area contributed by atoms with Gasteiger partial charge in [0.2, 0.25) is 5.91 Å². The van der Waals surface area contributed by atoms with Crippen LogP contribution in [0.3, 0.4) is 0 Å². The van der Waals surface area contributed by atoms with Gasteiger partial charge in [-0.05, 0) is 55.3 Å². The summed E-state index contributed by atoms with van der Waals surface area (Å²) >= 11 is 0. The summed E-state index contributed by atoms with van der Waals surface area (Å²) in [5.41, 5.74) is 9.84. The molecule has 1 atom stereocenters. The Hall–Kier alpha value is -2.86. The van der Waals surface area contributed by atoms with Crippen LogP contribution in [-0.4, -0.2) is 36.5 Å². The Morgan fingerprint density at radius 2 is 1.92 bits per heavy atom. The van der Waals surface area contributed by atoms with Crippen molar-refractivity contribution in [1.29, 1.82) is 0 Å². The number of fused-ring (bicyclic) bond motifs is 1. The number of nitrogens with one attached hydrogen (secondary N) is 2. The fraction of sp³-hybridized carbons (Fsp3) is 0.300. The van der Waals surface area contributed by atoms with E-state index in [1.807, 2.05) is 6.92 Å². The van der Waals surface area contributed by atoms with E-state index in [0.29, 0.717) is 17.8 Å². The number of primary amides is 1. The first-order valence-electron chi connectivity index (χ1n) is 8.66. The van der Waals surface area contributed by atoms with Crippen molar-refractivity contribution in [1.82, 2.24) is 10.2 Å². The van der Waals surface area contributed by atoms with Crippen molar-refractivity contribution in [2.45, 2.75) is 25.9 Å². The minimum Gasteiger partial charge on any atom is -0.366 e. The van der Waals surface area contributed by atoms with Crippen LogP contribution in [0.4, 0.5) is 10.5 Å². The second kappa shape index (κ2) is 7.58. The second-order valence-corrected chi connectivity index (χ2v) is 6.77. The normalized spacial score (nSPS) is 16.6. The van der Waals surface area contributed by atoms with Gasteiger partial charge in [-0.2, -0.15) is 0 Å². The molecule has 3 amide bonds. The van der Waals surface area contributed by atoms with Gasteiger partial charge in [-0.1, -0.05) is 24.3 Å². The molecule has 0 aliphatic carbocycles. The Kier molecular flexibility index (Phi) is 5.23. The van der Waals surface area contributed by atoms with E-state index in [9.17, 15) is 9.59 Å². The standard InChI is InChI=1S/C20H24N4O2/c1-13-9-15(19(21)25)7-8-18(13)23-20(26)22-11-17-10-14-5-3-4-6-16(14)12-24(17)2/h3-9,17H,10-12H2,1-2H3,(H2,21,25)(H2,22,23,26). The molecule has 0 aromatic heterocycles. The van der Waals surface area contributed by atoms with Crippen molar-refractivity contribution in [3.8, 4) is 0 Å². The largest absolute Gasteiger partial charge is 0.366 e. The van der Waals surface area contributed by atoms with Gasteiger partial charge < -0.3 is 16.4 Å². The lowest BCUT2D eigenvalue weighted by Crippen LogP contribution is -2.46. The van der Waals surface area contributed by atoms with Gasteiger partial charge in [-0.25, -0.2) is 4.79 Å². The van der Waals surface area contributed by atoms with Gasteiger partial charge in [0, 0.05) is 30.4 Å². The van der Waals surface area contributed by atoms with Gasteiger partial charge in [0.15, 0.2) is 0 Å². The molecule has 0 saturated carbocycles. The highest BCUT2D eigenvalue weighted by atomic mass is 16.2. The first-order chi connectivity index (χ1) is 12.4. The Labute approximate surface area is 153 Å². The zero-order chi connectivity index (χ0) is 18.7. The molecule has 0 bridgehead atoms. The van der Waals surface area contributed by atoms with Crippen molar-refractivity contribution in [3.63, 3.8) is 0 Å². The van der Waals surface area contributed by atoms with Crippen LogP contribution in [-0.2, 0) is 13.0 Å². The zero-order valence-electron chi connectivity index (χ0n) is 15.1. The predicted octanol–water partition coefficient (Wildman–Crippen LogP) is 2.27. The third-order valence-corrected chi connectivity index (χ3v) is 4.87. The summed E-state index contributed by atoms with van der Waals surface area (Å²) in [4.78, 5) is 25.7. The number of carbonyl (C=O) groups is 2. The minimum absolute atomic E-state index is 0.257. The lowest BCUT2D eigenvalue weighted by molar-refractivity contribution is 0.1000. The first-order valence-corrected chi connectivity index (χ1v) is 8.66. The van der Waals surface area contributed by atoms with Crippen LogP contribution in [0.1, 0.15) is 27.0 Å². The maximum atomic E-state index is 12.2. The number of rotatable bonds is 4. The number of carbonyl (C=O) groups excluding carboxylic acids is 2. The van der Waals surface area contributed by atoms with Crippen LogP contribution in [0.25, 0.3) is 0 Å². The average Bonchev–Trinajstić information content (AvgIpc) is 2.61. The smallest absolute Gasteiger partial charge is 0.319 e. The van der Waals surface area contributed by atoms with Crippen LogP contribution in [0, 0.1) is 6.92 Å². The van der Waals surface area contributed by atoms with Gasteiger partial charge in [0.25, 0.3) is 0 Å². The summed E-state index contributed by atoms with van der Waals surface area (Å²) in [5.74, 6) is -0.482. The molecule has 6 heteroatoms. The summed E-state index contributed by atoms with van der Waals surface area (Å²) in [6, 6.07) is 13.4. The number of urea groups is 1. The highest BCUT2D eigenvalue weighted by molar-refractivity contribution is 5.95. The molecule has 2 aromatic rings. The molecule has 0 fully saturated rings. The van der Waals surface area contributed by atoms with E-state index in [4.69, 9.17) is 5.73 Å². The van der Waals surface area contributed by atoms with Gasteiger partial charge in [-0.15, -0.1) is 0 Å². The maximum absolute atomic E-state index is 12.2. The molecule has 3 rings (SSSR count). The number of anilines is 1. The molecule has 2 aromatic carbocycles. The van der Waals surface area contributed by atoms with E-state index >= 15 is 0 Å². The second-order valence-electron chi connectivity index (χ2n) is 6.77. The Morgan fingerprint density at radius 3 is 2.62 bits per heavy atom. The van der Waals surface area contributed by atoms with Crippen molar-refractivity contribution < 1.29 is 9.59 Å². The molecule has 0 saturated heterocycles. The summed E-state index contributed by atoms with van der Waals surface area (Å²) in [5, 5.41) is 5.77. The number of hydrogen-bond donors (Lipinski definition) is 3. The molecule has 1 aliphatic rings. The molecule has 0 radical (unpaired) electrons. The summed E-state index contributed by atoms with van der Waals surface area (Å²) in [6.45, 7) is 3.28. The Balaban J connectivity index is 1.57. The number of aryl methyl sites for hydroxylation is 1. The molecule has 1 heterocycles.